The van der Waals surface area contributed by atoms with Crippen molar-refractivity contribution in [3.8, 4) is 0 Å². The third-order valence-electron chi connectivity index (χ3n) is 3.90. The van der Waals surface area contributed by atoms with Gasteiger partial charge in [0.05, 0.1) is 10.4 Å². The number of rotatable bonds is 4. The molecule has 1 aromatic rings. The second-order valence-electron chi connectivity index (χ2n) is 5.72. The highest BCUT2D eigenvalue weighted by Crippen LogP contribution is 2.27. The largest absolute Gasteiger partial charge is 0.396 e. The fourth-order valence-electron chi connectivity index (χ4n) is 2.78. The minimum atomic E-state index is -0.283. The third-order valence-corrected chi connectivity index (χ3v) is 4.51. The lowest BCUT2D eigenvalue weighted by atomic mass is 9.96. The molecule has 0 saturated carbocycles. The molecule has 0 radical (unpaired) electrons. The Morgan fingerprint density at radius 2 is 2.19 bits per heavy atom. The van der Waals surface area contributed by atoms with E-state index in [1.807, 2.05) is 0 Å². The molecule has 2 atom stereocenters. The number of benzene rings is 1. The van der Waals surface area contributed by atoms with Gasteiger partial charge < -0.3 is 10.0 Å². The zero-order valence-electron chi connectivity index (χ0n) is 12.2. The smallest absolute Gasteiger partial charge is 0.226 e. The molecule has 0 bridgehead atoms. The molecule has 1 aromatic carbocycles. The van der Waals surface area contributed by atoms with Crippen molar-refractivity contribution in [1.82, 2.24) is 9.80 Å². The molecular formula is C15H20BrFN2O2. The van der Waals surface area contributed by atoms with Crippen molar-refractivity contribution in [2.24, 2.45) is 11.8 Å². The minimum Gasteiger partial charge on any atom is -0.396 e. The van der Waals surface area contributed by atoms with E-state index in [-0.39, 0.29) is 30.2 Å². The number of aliphatic hydroxyl groups excluding tert-OH is 1. The molecule has 21 heavy (non-hydrogen) atoms. The Morgan fingerprint density at radius 3 is 2.76 bits per heavy atom. The molecule has 1 amide bonds. The number of nitrogens with zero attached hydrogens (tertiary/aromatic N) is 2. The first-order valence-electron chi connectivity index (χ1n) is 6.90. The van der Waals surface area contributed by atoms with Crippen LogP contribution in [0.4, 0.5) is 4.39 Å². The summed E-state index contributed by atoms with van der Waals surface area (Å²) in [5.74, 6) is -0.441. The van der Waals surface area contributed by atoms with E-state index in [1.54, 1.807) is 31.1 Å². The van der Waals surface area contributed by atoms with Gasteiger partial charge in [-0.25, -0.2) is 4.39 Å². The first kappa shape index (κ1) is 16.4. The fourth-order valence-corrected chi connectivity index (χ4v) is 3.21. The molecular weight excluding hydrogens is 339 g/mol. The van der Waals surface area contributed by atoms with Gasteiger partial charge >= 0.3 is 0 Å². The van der Waals surface area contributed by atoms with Gasteiger partial charge in [0.15, 0.2) is 0 Å². The van der Waals surface area contributed by atoms with Crippen molar-refractivity contribution in [2.45, 2.75) is 6.54 Å². The zero-order valence-corrected chi connectivity index (χ0v) is 13.8. The van der Waals surface area contributed by atoms with Crippen molar-refractivity contribution in [1.29, 1.82) is 0 Å². The second-order valence-corrected chi connectivity index (χ2v) is 6.58. The van der Waals surface area contributed by atoms with Crippen LogP contribution in [0, 0.1) is 17.7 Å². The number of amides is 1. The van der Waals surface area contributed by atoms with Crippen LogP contribution in [0.5, 0.6) is 0 Å². The average Bonchev–Trinajstić information content (AvgIpc) is 2.84. The molecule has 1 heterocycles. The van der Waals surface area contributed by atoms with Crippen LogP contribution in [0.2, 0.25) is 0 Å². The molecule has 1 aliphatic rings. The molecule has 6 heteroatoms. The number of hydrogen-bond acceptors (Lipinski definition) is 3. The van der Waals surface area contributed by atoms with Gasteiger partial charge in [0.25, 0.3) is 0 Å². The summed E-state index contributed by atoms with van der Waals surface area (Å²) in [5.41, 5.74) is 0.984. The van der Waals surface area contributed by atoms with E-state index in [1.165, 1.54) is 6.07 Å². The molecule has 0 aliphatic carbocycles. The Hall–Kier alpha value is -0.980. The lowest BCUT2D eigenvalue weighted by molar-refractivity contribution is -0.134. The molecule has 1 saturated heterocycles. The first-order chi connectivity index (χ1) is 9.92. The Morgan fingerprint density at radius 1 is 1.48 bits per heavy atom. The van der Waals surface area contributed by atoms with E-state index in [4.69, 9.17) is 0 Å². The van der Waals surface area contributed by atoms with Gasteiger partial charge in [0.1, 0.15) is 5.82 Å². The number of likely N-dealkylation sites (tertiary alicyclic amines) is 1. The van der Waals surface area contributed by atoms with Crippen LogP contribution >= 0.6 is 15.9 Å². The van der Waals surface area contributed by atoms with Gasteiger partial charge in [-0.2, -0.15) is 0 Å². The van der Waals surface area contributed by atoms with Crippen LogP contribution in [0.15, 0.2) is 22.7 Å². The fraction of sp³-hybridized carbons (Fsp3) is 0.533. The molecule has 4 nitrogen and oxygen atoms in total. The Kier molecular flexibility index (Phi) is 5.35. The molecule has 116 valence electrons. The zero-order chi connectivity index (χ0) is 15.6. The summed E-state index contributed by atoms with van der Waals surface area (Å²) >= 11 is 3.18. The summed E-state index contributed by atoms with van der Waals surface area (Å²) in [7, 11) is 3.47. The summed E-state index contributed by atoms with van der Waals surface area (Å²) in [4.78, 5) is 15.8. The molecule has 1 aliphatic heterocycles. The average molecular weight is 359 g/mol. The number of carbonyl (C=O) groups excluding carboxylic acids is 1. The van der Waals surface area contributed by atoms with E-state index in [2.05, 4.69) is 20.8 Å². The monoisotopic (exact) mass is 358 g/mol. The van der Waals surface area contributed by atoms with E-state index >= 15 is 0 Å². The summed E-state index contributed by atoms with van der Waals surface area (Å²) < 4.78 is 13.7. The lowest BCUT2D eigenvalue weighted by Crippen LogP contribution is -2.35. The minimum absolute atomic E-state index is 0.00780. The Balaban J connectivity index is 2.05. The summed E-state index contributed by atoms with van der Waals surface area (Å²) in [6.07, 6.45) is 0. The maximum absolute atomic E-state index is 13.2. The van der Waals surface area contributed by atoms with Gasteiger partial charge in [0.2, 0.25) is 5.91 Å². The van der Waals surface area contributed by atoms with Gasteiger partial charge in [-0.1, -0.05) is 6.07 Å². The predicted molar refractivity (Wildman–Crippen MR) is 82.1 cm³/mol. The van der Waals surface area contributed by atoms with Crippen LogP contribution < -0.4 is 0 Å². The van der Waals surface area contributed by atoms with Gasteiger partial charge in [-0.3, -0.25) is 9.69 Å². The number of aliphatic hydroxyl groups is 1. The van der Waals surface area contributed by atoms with Crippen molar-refractivity contribution in [3.63, 3.8) is 0 Å². The van der Waals surface area contributed by atoms with Crippen LogP contribution in [0.3, 0.4) is 0 Å². The molecule has 0 aromatic heterocycles. The highest BCUT2D eigenvalue weighted by atomic mass is 79.9. The van der Waals surface area contributed by atoms with Crippen molar-refractivity contribution < 1.29 is 14.3 Å². The summed E-state index contributed by atoms with van der Waals surface area (Å²) in [5, 5.41) is 9.48. The normalized spacial score (nSPS) is 22.5. The van der Waals surface area contributed by atoms with Crippen LogP contribution in [-0.2, 0) is 11.3 Å². The highest BCUT2D eigenvalue weighted by Gasteiger charge is 2.37. The highest BCUT2D eigenvalue weighted by molar-refractivity contribution is 9.10. The maximum Gasteiger partial charge on any atom is 0.226 e. The summed E-state index contributed by atoms with van der Waals surface area (Å²) in [6.45, 7) is 1.95. The Bertz CT molecular complexity index is 524. The number of halogens is 2. The van der Waals surface area contributed by atoms with Gasteiger partial charge in [-0.15, -0.1) is 0 Å². The lowest BCUT2D eigenvalue weighted by Gasteiger charge is -2.20. The van der Waals surface area contributed by atoms with Crippen LogP contribution in [0.1, 0.15) is 5.56 Å². The van der Waals surface area contributed by atoms with Gasteiger partial charge in [0, 0.05) is 46.3 Å². The van der Waals surface area contributed by atoms with E-state index < -0.39 is 0 Å². The summed E-state index contributed by atoms with van der Waals surface area (Å²) in [6, 6.07) is 4.93. The third kappa shape index (κ3) is 3.81. The molecule has 0 unspecified atom stereocenters. The van der Waals surface area contributed by atoms with Crippen molar-refractivity contribution in [2.75, 3.05) is 33.8 Å². The Labute approximate surface area is 132 Å². The first-order valence-corrected chi connectivity index (χ1v) is 7.70. The number of carbonyl (C=O) groups is 1. The van der Waals surface area contributed by atoms with Crippen LogP contribution in [0.25, 0.3) is 0 Å². The SMILES string of the molecule is CN(C)C(=O)[C@@H]1CN(Cc2ccc(F)c(Br)c2)C[C@H]1CO. The van der Waals surface area contributed by atoms with Crippen molar-refractivity contribution >= 4 is 21.8 Å². The molecule has 2 rings (SSSR count). The maximum atomic E-state index is 13.2. The van der Waals surface area contributed by atoms with E-state index in [0.717, 1.165) is 5.56 Å². The molecule has 0 spiro atoms. The van der Waals surface area contributed by atoms with Crippen molar-refractivity contribution in [3.05, 3.63) is 34.1 Å². The standard InChI is InChI=1S/C15H20BrFN2O2/c1-18(2)15(21)12-8-19(7-11(12)9-20)6-10-3-4-14(17)13(16)5-10/h3-5,11-12,20H,6-9H2,1-2H3/t11-,12+/m0/s1. The molecule has 1 fully saturated rings. The van der Waals surface area contributed by atoms with Crippen LogP contribution in [-0.4, -0.2) is 54.6 Å². The van der Waals surface area contributed by atoms with E-state index in [9.17, 15) is 14.3 Å². The predicted octanol–water partition coefficient (Wildman–Crippen LogP) is 1.72. The number of hydrogen-bond donors (Lipinski definition) is 1. The quantitative estimate of drug-likeness (QED) is 0.890. The second kappa shape index (κ2) is 6.85. The van der Waals surface area contributed by atoms with E-state index in [0.29, 0.717) is 24.1 Å². The van der Waals surface area contributed by atoms with Gasteiger partial charge in [-0.05, 0) is 33.6 Å². The molecule has 1 N–H and O–H groups in total. The topological polar surface area (TPSA) is 43.8 Å².